The average molecular weight is 443 g/mol. The number of benzene rings is 3. The van der Waals surface area contributed by atoms with Gasteiger partial charge in [-0.15, -0.1) is 10.2 Å². The van der Waals surface area contributed by atoms with Crippen molar-refractivity contribution in [1.82, 2.24) is 15.2 Å². The fourth-order valence-electron chi connectivity index (χ4n) is 3.28. The van der Waals surface area contributed by atoms with Crippen LogP contribution < -0.4 is 5.32 Å². The average Bonchev–Trinajstić information content (AvgIpc) is 3.19. The molecule has 7 heteroatoms. The first-order valence-corrected chi connectivity index (χ1v) is 11.6. The highest BCUT2D eigenvalue weighted by Crippen LogP contribution is 2.27. The van der Waals surface area contributed by atoms with Crippen LogP contribution in [0.25, 0.3) is 32.2 Å². The fraction of sp³-hybridized carbons (Fsp3) is 0.0833. The summed E-state index contributed by atoms with van der Waals surface area (Å²) >= 11 is 2.84. The molecule has 0 aliphatic carbocycles. The number of nitrogens with zero attached hydrogens (tertiary/aromatic N) is 3. The Morgan fingerprint density at radius 1 is 0.968 bits per heavy atom. The van der Waals surface area contributed by atoms with Crippen molar-refractivity contribution in [3.05, 3.63) is 78.4 Å². The van der Waals surface area contributed by atoms with E-state index in [1.165, 1.54) is 39.4 Å². The number of rotatable bonds is 5. The molecule has 0 atom stereocenters. The number of hydrogen-bond acceptors (Lipinski definition) is 6. The standard InChI is InChI=1S/C24H18N4OS2/c1-15-6-9-20-21(12-15)31-24(25-20)26-22(29)14-30-23-11-10-19(27-28-23)18-8-7-16-4-2-3-5-17(16)13-18/h2-13H,14H2,1H3,(H,25,26,29). The van der Waals surface area contributed by atoms with Gasteiger partial charge in [0, 0.05) is 5.56 Å². The van der Waals surface area contributed by atoms with Crippen molar-refractivity contribution in [3.63, 3.8) is 0 Å². The van der Waals surface area contributed by atoms with Gasteiger partial charge in [0.1, 0.15) is 5.03 Å². The number of nitrogens with one attached hydrogen (secondary N) is 1. The second kappa shape index (κ2) is 8.45. The summed E-state index contributed by atoms with van der Waals surface area (Å²) in [5.41, 5.74) is 3.90. The van der Waals surface area contributed by atoms with Crippen molar-refractivity contribution in [2.24, 2.45) is 0 Å². The van der Waals surface area contributed by atoms with Crippen LogP contribution in [0.1, 0.15) is 5.56 Å². The summed E-state index contributed by atoms with van der Waals surface area (Å²) in [4.78, 5) is 16.8. The molecule has 5 nitrogen and oxygen atoms in total. The summed E-state index contributed by atoms with van der Waals surface area (Å²) in [5.74, 6) is 0.139. The van der Waals surface area contributed by atoms with Gasteiger partial charge in [-0.25, -0.2) is 4.98 Å². The fourth-order valence-corrected chi connectivity index (χ4v) is 4.87. The molecular weight excluding hydrogens is 424 g/mol. The molecule has 1 N–H and O–H groups in total. The number of aromatic nitrogens is 3. The lowest BCUT2D eigenvalue weighted by atomic mass is 10.1. The van der Waals surface area contributed by atoms with Gasteiger partial charge in [-0.2, -0.15) is 0 Å². The Morgan fingerprint density at radius 2 is 1.84 bits per heavy atom. The van der Waals surface area contributed by atoms with Crippen LogP contribution >= 0.6 is 23.1 Å². The topological polar surface area (TPSA) is 67.8 Å². The van der Waals surface area contributed by atoms with E-state index in [0.29, 0.717) is 10.2 Å². The molecular formula is C24H18N4OS2. The number of anilines is 1. The van der Waals surface area contributed by atoms with Gasteiger partial charge in [0.2, 0.25) is 5.91 Å². The molecule has 2 heterocycles. The highest BCUT2D eigenvalue weighted by atomic mass is 32.2. The third-order valence-corrected chi connectivity index (χ3v) is 6.68. The summed E-state index contributed by atoms with van der Waals surface area (Å²) in [6.45, 7) is 2.04. The van der Waals surface area contributed by atoms with Crippen molar-refractivity contribution in [2.45, 2.75) is 11.9 Å². The molecule has 5 rings (SSSR count). The lowest BCUT2D eigenvalue weighted by molar-refractivity contribution is -0.113. The highest BCUT2D eigenvalue weighted by Gasteiger charge is 2.10. The Hall–Kier alpha value is -3.29. The second-order valence-corrected chi connectivity index (χ2v) is 9.17. The highest BCUT2D eigenvalue weighted by molar-refractivity contribution is 7.99. The molecule has 2 aromatic heterocycles. The van der Waals surface area contributed by atoms with E-state index in [0.717, 1.165) is 21.5 Å². The zero-order valence-corrected chi connectivity index (χ0v) is 18.3. The third kappa shape index (κ3) is 4.42. The van der Waals surface area contributed by atoms with Gasteiger partial charge < -0.3 is 5.32 Å². The number of thioether (sulfide) groups is 1. The molecule has 5 aromatic rings. The van der Waals surface area contributed by atoms with Crippen LogP contribution in [0.2, 0.25) is 0 Å². The van der Waals surface area contributed by atoms with Crippen molar-refractivity contribution in [2.75, 3.05) is 11.1 Å². The Morgan fingerprint density at radius 3 is 2.68 bits per heavy atom. The van der Waals surface area contributed by atoms with Crippen molar-refractivity contribution < 1.29 is 4.79 Å². The SMILES string of the molecule is Cc1ccc2nc(NC(=O)CSc3ccc(-c4ccc5ccccc5c4)nn3)sc2c1. The van der Waals surface area contributed by atoms with Crippen molar-refractivity contribution in [3.8, 4) is 11.3 Å². The minimum atomic E-state index is -0.110. The van der Waals surface area contributed by atoms with E-state index >= 15 is 0 Å². The maximum atomic E-state index is 12.3. The van der Waals surface area contributed by atoms with E-state index in [-0.39, 0.29) is 11.7 Å². The number of carbonyl (C=O) groups excluding carboxylic acids is 1. The van der Waals surface area contributed by atoms with Crippen LogP contribution in [-0.2, 0) is 4.79 Å². The van der Waals surface area contributed by atoms with Crippen LogP contribution in [0, 0.1) is 6.92 Å². The van der Waals surface area contributed by atoms with Gasteiger partial charge in [0.15, 0.2) is 5.13 Å². The normalized spacial score (nSPS) is 11.1. The van der Waals surface area contributed by atoms with E-state index < -0.39 is 0 Å². The maximum absolute atomic E-state index is 12.3. The van der Waals surface area contributed by atoms with E-state index in [1.807, 2.05) is 49.4 Å². The first-order valence-electron chi connectivity index (χ1n) is 9.77. The largest absolute Gasteiger partial charge is 0.301 e. The van der Waals surface area contributed by atoms with Gasteiger partial charge in [0.05, 0.1) is 21.7 Å². The number of carbonyl (C=O) groups is 1. The summed E-state index contributed by atoms with van der Waals surface area (Å²) < 4.78 is 1.07. The Kier molecular flexibility index (Phi) is 5.36. The van der Waals surface area contributed by atoms with E-state index in [4.69, 9.17) is 0 Å². The molecule has 31 heavy (non-hydrogen) atoms. The van der Waals surface area contributed by atoms with Crippen LogP contribution in [0.4, 0.5) is 5.13 Å². The predicted octanol–water partition coefficient (Wildman–Crippen LogP) is 5.95. The maximum Gasteiger partial charge on any atom is 0.236 e. The zero-order chi connectivity index (χ0) is 21.2. The number of amides is 1. The molecule has 0 aliphatic heterocycles. The lowest BCUT2D eigenvalue weighted by Crippen LogP contribution is -2.13. The summed E-state index contributed by atoms with van der Waals surface area (Å²) in [6, 6.07) is 24.4. The monoisotopic (exact) mass is 442 g/mol. The molecule has 0 spiro atoms. The van der Waals surface area contributed by atoms with Crippen LogP contribution in [0.3, 0.4) is 0 Å². The van der Waals surface area contributed by atoms with E-state index in [2.05, 4.69) is 50.8 Å². The smallest absolute Gasteiger partial charge is 0.236 e. The first kappa shape index (κ1) is 19.7. The summed E-state index contributed by atoms with van der Waals surface area (Å²) in [6.07, 6.45) is 0. The van der Waals surface area contributed by atoms with Gasteiger partial charge in [-0.1, -0.05) is 65.6 Å². The number of aryl methyl sites for hydroxylation is 1. The van der Waals surface area contributed by atoms with Crippen LogP contribution in [0.15, 0.2) is 77.8 Å². The summed E-state index contributed by atoms with van der Waals surface area (Å²) in [5, 5.41) is 15.2. The van der Waals surface area contributed by atoms with E-state index in [1.54, 1.807) is 0 Å². The minimum Gasteiger partial charge on any atom is -0.301 e. The van der Waals surface area contributed by atoms with Gasteiger partial charge in [0.25, 0.3) is 0 Å². The Labute approximate surface area is 187 Å². The zero-order valence-electron chi connectivity index (χ0n) is 16.7. The Balaban J connectivity index is 1.22. The molecule has 0 unspecified atom stereocenters. The third-order valence-electron chi connectivity index (χ3n) is 4.83. The summed E-state index contributed by atoms with van der Waals surface area (Å²) in [7, 11) is 0. The minimum absolute atomic E-state index is 0.110. The first-order chi connectivity index (χ1) is 15.1. The molecule has 1 amide bonds. The number of hydrogen-bond donors (Lipinski definition) is 1. The predicted molar refractivity (Wildman–Crippen MR) is 129 cm³/mol. The molecule has 0 radical (unpaired) electrons. The van der Waals surface area contributed by atoms with E-state index in [9.17, 15) is 4.79 Å². The molecule has 3 aromatic carbocycles. The molecule has 0 saturated carbocycles. The molecule has 0 fully saturated rings. The van der Waals surface area contributed by atoms with Gasteiger partial charge >= 0.3 is 0 Å². The Bertz CT molecular complexity index is 1400. The van der Waals surface area contributed by atoms with Gasteiger partial charge in [-0.3, -0.25) is 4.79 Å². The van der Waals surface area contributed by atoms with Crippen LogP contribution in [0.5, 0.6) is 0 Å². The molecule has 0 aliphatic rings. The quantitative estimate of drug-likeness (QED) is 0.341. The van der Waals surface area contributed by atoms with Gasteiger partial charge in [-0.05, 0) is 53.6 Å². The number of fused-ring (bicyclic) bond motifs is 2. The molecule has 0 saturated heterocycles. The molecule has 0 bridgehead atoms. The number of thiazole rings is 1. The lowest BCUT2D eigenvalue weighted by Gasteiger charge is -2.04. The van der Waals surface area contributed by atoms with Crippen molar-refractivity contribution >= 4 is 55.1 Å². The second-order valence-electron chi connectivity index (χ2n) is 7.15. The van der Waals surface area contributed by atoms with Crippen molar-refractivity contribution in [1.29, 1.82) is 0 Å². The molecule has 152 valence electrons. The van der Waals surface area contributed by atoms with Crippen LogP contribution in [-0.4, -0.2) is 26.8 Å².